The van der Waals surface area contributed by atoms with E-state index in [0.717, 1.165) is 29.2 Å². The molecule has 3 unspecified atom stereocenters. The molecular formula is C17H18OS. The number of thiophene rings is 1. The van der Waals surface area contributed by atoms with Crippen LogP contribution in [0, 0.1) is 17.8 Å². The molecule has 0 aliphatic heterocycles. The summed E-state index contributed by atoms with van der Waals surface area (Å²) in [7, 11) is 0. The van der Waals surface area contributed by atoms with Crippen LogP contribution < -0.4 is 0 Å². The summed E-state index contributed by atoms with van der Waals surface area (Å²) in [5, 5.41) is 3.21. The van der Waals surface area contributed by atoms with Crippen LogP contribution in [0.25, 0.3) is 10.1 Å². The van der Waals surface area contributed by atoms with Gasteiger partial charge in [0.25, 0.3) is 0 Å². The van der Waals surface area contributed by atoms with Gasteiger partial charge in [0.15, 0.2) is 5.78 Å². The minimum absolute atomic E-state index is 0.370. The molecule has 2 aromatic rings. The number of hydrogen-bond acceptors (Lipinski definition) is 2. The van der Waals surface area contributed by atoms with E-state index in [1.165, 1.54) is 30.4 Å². The van der Waals surface area contributed by atoms with Crippen molar-refractivity contribution in [3.63, 3.8) is 0 Å². The summed E-state index contributed by atoms with van der Waals surface area (Å²) in [5.74, 6) is 2.82. The van der Waals surface area contributed by atoms with Crippen molar-refractivity contribution in [3.8, 4) is 0 Å². The van der Waals surface area contributed by atoms with Crippen molar-refractivity contribution in [1.29, 1.82) is 0 Å². The molecule has 4 rings (SSSR count). The van der Waals surface area contributed by atoms with Gasteiger partial charge in [0.1, 0.15) is 0 Å². The Bertz CT molecular complexity index is 627. The van der Waals surface area contributed by atoms with Crippen LogP contribution in [0.4, 0.5) is 0 Å². The Labute approximate surface area is 117 Å². The third kappa shape index (κ3) is 1.93. The standard InChI is InChI=1S/C17H18OS/c18-16(9-13-8-11-5-6-12(13)7-11)15-10-19-17-4-2-1-3-14(15)17/h1-4,10-13H,5-9H2. The van der Waals surface area contributed by atoms with Gasteiger partial charge in [0.05, 0.1) is 0 Å². The summed E-state index contributed by atoms with van der Waals surface area (Å²) in [6, 6.07) is 8.26. The van der Waals surface area contributed by atoms with E-state index >= 15 is 0 Å². The van der Waals surface area contributed by atoms with Crippen molar-refractivity contribution in [2.45, 2.75) is 32.1 Å². The Hall–Kier alpha value is -1.15. The fourth-order valence-corrected chi connectivity index (χ4v) is 5.13. The topological polar surface area (TPSA) is 17.1 Å². The van der Waals surface area contributed by atoms with Gasteiger partial charge in [-0.2, -0.15) is 0 Å². The number of ketones is 1. The van der Waals surface area contributed by atoms with Gasteiger partial charge in [-0.05, 0) is 43.1 Å². The second-order valence-corrected chi connectivity index (χ2v) is 7.12. The van der Waals surface area contributed by atoms with Gasteiger partial charge in [-0.3, -0.25) is 4.79 Å². The Morgan fingerprint density at radius 3 is 2.89 bits per heavy atom. The maximum atomic E-state index is 12.6. The summed E-state index contributed by atoms with van der Waals surface area (Å²) in [4.78, 5) is 12.6. The number of rotatable bonds is 3. The van der Waals surface area contributed by atoms with Crippen LogP contribution in [0.1, 0.15) is 42.5 Å². The van der Waals surface area contributed by atoms with Crippen LogP contribution in [0.15, 0.2) is 29.6 Å². The lowest BCUT2D eigenvalue weighted by molar-refractivity contribution is 0.0946. The first-order chi connectivity index (χ1) is 9.31. The highest BCUT2D eigenvalue weighted by molar-refractivity contribution is 7.17. The lowest BCUT2D eigenvalue weighted by Gasteiger charge is -2.20. The largest absolute Gasteiger partial charge is 0.294 e. The molecule has 0 N–H and O–H groups in total. The first-order valence-corrected chi connectivity index (χ1v) is 8.18. The number of carbonyl (C=O) groups excluding carboxylic acids is 1. The predicted molar refractivity (Wildman–Crippen MR) is 79.7 cm³/mol. The Morgan fingerprint density at radius 1 is 1.21 bits per heavy atom. The molecule has 2 aliphatic carbocycles. The van der Waals surface area contributed by atoms with Crippen LogP contribution in [0.3, 0.4) is 0 Å². The fraction of sp³-hybridized carbons (Fsp3) is 0.471. The van der Waals surface area contributed by atoms with E-state index in [9.17, 15) is 4.79 Å². The predicted octanol–water partition coefficient (Wildman–Crippen LogP) is 4.91. The van der Waals surface area contributed by atoms with Crippen molar-refractivity contribution in [2.75, 3.05) is 0 Å². The number of hydrogen-bond donors (Lipinski definition) is 0. The average molecular weight is 270 g/mol. The molecule has 19 heavy (non-hydrogen) atoms. The zero-order valence-corrected chi connectivity index (χ0v) is 11.8. The molecule has 1 heterocycles. The summed E-state index contributed by atoms with van der Waals surface area (Å²) >= 11 is 1.69. The molecule has 1 aromatic heterocycles. The van der Waals surface area contributed by atoms with Crippen LogP contribution in [0.5, 0.6) is 0 Å². The van der Waals surface area contributed by atoms with E-state index in [4.69, 9.17) is 0 Å². The van der Waals surface area contributed by atoms with Gasteiger partial charge in [-0.15, -0.1) is 11.3 Å². The summed E-state index contributed by atoms with van der Waals surface area (Å²) in [6.07, 6.45) is 6.26. The monoisotopic (exact) mass is 270 g/mol. The SMILES string of the molecule is O=C(CC1CC2CCC1C2)c1csc2ccccc12. The first-order valence-electron chi connectivity index (χ1n) is 7.30. The fourth-order valence-electron chi connectivity index (χ4n) is 4.17. The Kier molecular flexibility index (Phi) is 2.73. The third-order valence-electron chi connectivity index (χ3n) is 5.11. The molecule has 2 saturated carbocycles. The van der Waals surface area contributed by atoms with Gasteiger partial charge in [0, 0.05) is 27.5 Å². The van der Waals surface area contributed by atoms with E-state index in [0.29, 0.717) is 11.7 Å². The van der Waals surface area contributed by atoms with Gasteiger partial charge in [0.2, 0.25) is 0 Å². The summed E-state index contributed by atoms with van der Waals surface area (Å²) in [5.41, 5.74) is 0.961. The van der Waals surface area contributed by atoms with Crippen molar-refractivity contribution in [1.82, 2.24) is 0 Å². The second kappa shape index (κ2) is 4.45. The molecule has 2 heteroatoms. The Morgan fingerprint density at radius 2 is 2.11 bits per heavy atom. The quantitative estimate of drug-likeness (QED) is 0.724. The number of benzene rings is 1. The molecule has 2 aliphatic rings. The summed E-state index contributed by atoms with van der Waals surface area (Å²) in [6.45, 7) is 0. The smallest absolute Gasteiger partial charge is 0.164 e. The molecule has 2 fully saturated rings. The van der Waals surface area contributed by atoms with Crippen LogP contribution in [-0.2, 0) is 0 Å². The lowest BCUT2D eigenvalue weighted by atomic mass is 9.84. The molecule has 2 bridgehead atoms. The highest BCUT2D eigenvalue weighted by Gasteiger charge is 2.40. The van der Waals surface area contributed by atoms with E-state index in [-0.39, 0.29) is 0 Å². The maximum absolute atomic E-state index is 12.6. The summed E-state index contributed by atoms with van der Waals surface area (Å²) < 4.78 is 1.23. The van der Waals surface area contributed by atoms with Gasteiger partial charge < -0.3 is 0 Å². The highest BCUT2D eigenvalue weighted by Crippen LogP contribution is 2.50. The first kappa shape index (κ1) is 11.7. The number of Topliss-reactive ketones (excluding diaryl/α,β-unsaturated/α-hetero) is 1. The maximum Gasteiger partial charge on any atom is 0.164 e. The lowest BCUT2D eigenvalue weighted by Crippen LogP contribution is -2.15. The molecule has 3 atom stereocenters. The van der Waals surface area contributed by atoms with Crippen molar-refractivity contribution >= 4 is 27.2 Å². The van der Waals surface area contributed by atoms with Crippen LogP contribution >= 0.6 is 11.3 Å². The molecule has 0 amide bonds. The number of carbonyl (C=O) groups is 1. The Balaban J connectivity index is 1.57. The normalized spacial score (nSPS) is 29.2. The van der Waals surface area contributed by atoms with Crippen molar-refractivity contribution in [2.24, 2.45) is 17.8 Å². The number of fused-ring (bicyclic) bond motifs is 3. The highest BCUT2D eigenvalue weighted by atomic mass is 32.1. The minimum Gasteiger partial charge on any atom is -0.294 e. The van der Waals surface area contributed by atoms with Gasteiger partial charge in [-0.25, -0.2) is 0 Å². The molecule has 0 saturated heterocycles. The van der Waals surface area contributed by atoms with Gasteiger partial charge in [-0.1, -0.05) is 24.6 Å². The van der Waals surface area contributed by atoms with Crippen LogP contribution in [-0.4, -0.2) is 5.78 Å². The van der Waals surface area contributed by atoms with E-state index < -0.39 is 0 Å². The molecule has 98 valence electrons. The molecule has 0 spiro atoms. The minimum atomic E-state index is 0.370. The molecule has 0 radical (unpaired) electrons. The molecule has 1 nitrogen and oxygen atoms in total. The second-order valence-electron chi connectivity index (χ2n) is 6.21. The third-order valence-corrected chi connectivity index (χ3v) is 6.08. The van der Waals surface area contributed by atoms with Crippen molar-refractivity contribution in [3.05, 3.63) is 35.2 Å². The van der Waals surface area contributed by atoms with Gasteiger partial charge >= 0.3 is 0 Å². The molecular weight excluding hydrogens is 252 g/mol. The zero-order chi connectivity index (χ0) is 12.8. The van der Waals surface area contributed by atoms with Crippen LogP contribution in [0.2, 0.25) is 0 Å². The van der Waals surface area contributed by atoms with E-state index in [1.807, 2.05) is 12.1 Å². The average Bonchev–Trinajstić information content (AvgIpc) is 3.13. The van der Waals surface area contributed by atoms with E-state index in [2.05, 4.69) is 17.5 Å². The zero-order valence-electron chi connectivity index (χ0n) is 11.0. The molecule has 1 aromatic carbocycles. The van der Waals surface area contributed by atoms with E-state index in [1.54, 1.807) is 11.3 Å². The van der Waals surface area contributed by atoms with Crippen molar-refractivity contribution < 1.29 is 4.79 Å².